The first kappa shape index (κ1) is 16.0. The second-order valence-electron chi connectivity index (χ2n) is 5.02. The molecule has 0 fully saturated rings. The second kappa shape index (κ2) is 7.04. The SMILES string of the molecule is COC(=O)[C@H](CO)NC(=O)CN1CC(C)=Nc2ccccc21. The molecule has 1 aromatic carbocycles. The number of rotatable bonds is 5. The van der Waals surface area contributed by atoms with E-state index in [4.69, 9.17) is 5.11 Å². The Morgan fingerprint density at radius 1 is 1.45 bits per heavy atom. The molecule has 0 spiro atoms. The largest absolute Gasteiger partial charge is 0.467 e. The van der Waals surface area contributed by atoms with Crippen LogP contribution in [0.15, 0.2) is 29.3 Å². The highest BCUT2D eigenvalue weighted by Crippen LogP contribution is 2.31. The van der Waals surface area contributed by atoms with Crippen LogP contribution >= 0.6 is 0 Å². The number of fused-ring (bicyclic) bond motifs is 1. The number of carbonyl (C=O) groups excluding carboxylic acids is 2. The summed E-state index contributed by atoms with van der Waals surface area (Å²) in [6.45, 7) is 1.99. The van der Waals surface area contributed by atoms with Crippen molar-refractivity contribution in [1.29, 1.82) is 0 Å². The lowest BCUT2D eigenvalue weighted by Gasteiger charge is -2.29. The van der Waals surface area contributed by atoms with E-state index >= 15 is 0 Å². The summed E-state index contributed by atoms with van der Waals surface area (Å²) >= 11 is 0. The molecule has 7 nitrogen and oxygen atoms in total. The number of hydrogen-bond acceptors (Lipinski definition) is 6. The highest BCUT2D eigenvalue weighted by molar-refractivity contribution is 5.96. The molecule has 0 aromatic heterocycles. The van der Waals surface area contributed by atoms with Crippen molar-refractivity contribution in [3.8, 4) is 0 Å². The van der Waals surface area contributed by atoms with Crippen LogP contribution in [0, 0.1) is 0 Å². The van der Waals surface area contributed by atoms with Crippen molar-refractivity contribution in [2.45, 2.75) is 13.0 Å². The number of methoxy groups -OCH3 is 1. The van der Waals surface area contributed by atoms with Crippen LogP contribution < -0.4 is 10.2 Å². The Kier molecular flexibility index (Phi) is 5.11. The molecular weight excluding hydrogens is 286 g/mol. The molecule has 0 radical (unpaired) electrons. The lowest BCUT2D eigenvalue weighted by molar-refractivity contribution is -0.146. The molecule has 22 heavy (non-hydrogen) atoms. The Morgan fingerprint density at radius 2 is 2.18 bits per heavy atom. The van der Waals surface area contributed by atoms with Crippen LogP contribution in [0.2, 0.25) is 0 Å². The number of amides is 1. The van der Waals surface area contributed by atoms with Gasteiger partial charge >= 0.3 is 5.97 Å². The summed E-state index contributed by atoms with van der Waals surface area (Å²) in [5, 5.41) is 11.6. The van der Waals surface area contributed by atoms with Gasteiger partial charge in [-0.1, -0.05) is 12.1 Å². The fourth-order valence-corrected chi connectivity index (χ4v) is 2.30. The van der Waals surface area contributed by atoms with E-state index < -0.39 is 18.6 Å². The van der Waals surface area contributed by atoms with Crippen molar-refractivity contribution in [3.63, 3.8) is 0 Å². The third-order valence-corrected chi connectivity index (χ3v) is 3.29. The van der Waals surface area contributed by atoms with Gasteiger partial charge in [0.25, 0.3) is 0 Å². The quantitative estimate of drug-likeness (QED) is 0.761. The van der Waals surface area contributed by atoms with E-state index in [1.165, 1.54) is 7.11 Å². The highest BCUT2D eigenvalue weighted by Gasteiger charge is 2.24. The number of aliphatic imine (C=N–C) groups is 1. The van der Waals surface area contributed by atoms with Gasteiger partial charge in [0.15, 0.2) is 6.04 Å². The number of para-hydroxylation sites is 2. The maximum Gasteiger partial charge on any atom is 0.330 e. The fourth-order valence-electron chi connectivity index (χ4n) is 2.30. The Labute approximate surface area is 128 Å². The number of nitrogens with zero attached hydrogens (tertiary/aromatic N) is 2. The van der Waals surface area contributed by atoms with Gasteiger partial charge in [0.2, 0.25) is 5.91 Å². The molecule has 0 saturated heterocycles. The highest BCUT2D eigenvalue weighted by atomic mass is 16.5. The predicted octanol–water partition coefficient (Wildman–Crippen LogP) is 0.249. The molecule has 1 aromatic rings. The first-order chi connectivity index (χ1) is 10.5. The zero-order chi connectivity index (χ0) is 16.1. The molecular formula is C15H19N3O4. The third-order valence-electron chi connectivity index (χ3n) is 3.29. The van der Waals surface area contributed by atoms with Crippen LogP contribution in [-0.4, -0.2) is 55.5 Å². The summed E-state index contributed by atoms with van der Waals surface area (Å²) in [5.74, 6) is -1.04. The van der Waals surface area contributed by atoms with E-state index in [0.29, 0.717) is 6.54 Å². The number of carbonyl (C=O) groups is 2. The van der Waals surface area contributed by atoms with Gasteiger partial charge in [0, 0.05) is 5.71 Å². The zero-order valence-electron chi connectivity index (χ0n) is 12.6. The first-order valence-electron chi connectivity index (χ1n) is 6.91. The second-order valence-corrected chi connectivity index (χ2v) is 5.02. The summed E-state index contributed by atoms with van der Waals surface area (Å²) in [4.78, 5) is 29.8. The number of hydrogen-bond donors (Lipinski definition) is 2. The monoisotopic (exact) mass is 305 g/mol. The third kappa shape index (κ3) is 3.62. The van der Waals surface area contributed by atoms with Crippen LogP contribution in [-0.2, 0) is 14.3 Å². The molecule has 0 saturated carbocycles. The molecule has 1 heterocycles. The predicted molar refractivity (Wildman–Crippen MR) is 82.5 cm³/mol. The van der Waals surface area contributed by atoms with Crippen molar-refractivity contribution in [1.82, 2.24) is 5.32 Å². The van der Waals surface area contributed by atoms with Gasteiger partial charge in [-0.05, 0) is 19.1 Å². The average molecular weight is 305 g/mol. The molecule has 1 aliphatic heterocycles. The normalized spacial score (nSPS) is 14.7. The Bertz CT molecular complexity index is 600. The van der Waals surface area contributed by atoms with Crippen molar-refractivity contribution >= 4 is 29.0 Å². The van der Waals surface area contributed by atoms with Gasteiger partial charge in [-0.25, -0.2) is 4.79 Å². The summed E-state index contributed by atoms with van der Waals surface area (Å²) < 4.78 is 4.52. The number of aliphatic hydroxyl groups is 1. The van der Waals surface area contributed by atoms with Gasteiger partial charge in [0.1, 0.15) is 0 Å². The summed E-state index contributed by atoms with van der Waals surface area (Å²) in [6.07, 6.45) is 0. The molecule has 118 valence electrons. The van der Waals surface area contributed by atoms with Crippen LogP contribution in [0.4, 0.5) is 11.4 Å². The van der Waals surface area contributed by atoms with Crippen molar-refractivity contribution < 1.29 is 19.4 Å². The molecule has 0 aliphatic carbocycles. The fraction of sp³-hybridized carbons (Fsp3) is 0.400. The molecule has 2 N–H and O–H groups in total. The standard InChI is InChI=1S/C15H19N3O4/c1-10-7-18(13-6-4-3-5-11(13)16-10)8-14(20)17-12(9-19)15(21)22-2/h3-6,12,19H,7-9H2,1-2H3,(H,17,20)/t12-/m0/s1. The van der Waals surface area contributed by atoms with Crippen LogP contribution in [0.25, 0.3) is 0 Å². The maximum absolute atomic E-state index is 12.1. The number of ether oxygens (including phenoxy) is 1. The lowest BCUT2D eigenvalue weighted by Crippen LogP contribution is -2.48. The lowest BCUT2D eigenvalue weighted by atomic mass is 10.2. The van der Waals surface area contributed by atoms with Gasteiger partial charge in [-0.15, -0.1) is 0 Å². The van der Waals surface area contributed by atoms with E-state index in [1.54, 1.807) is 0 Å². The number of nitrogens with one attached hydrogen (secondary N) is 1. The number of aliphatic hydroxyl groups excluding tert-OH is 1. The Balaban J connectivity index is 2.06. The van der Waals surface area contributed by atoms with E-state index in [0.717, 1.165) is 17.1 Å². The van der Waals surface area contributed by atoms with Crippen LogP contribution in [0.3, 0.4) is 0 Å². The minimum Gasteiger partial charge on any atom is -0.467 e. The van der Waals surface area contributed by atoms with Crippen molar-refractivity contribution in [3.05, 3.63) is 24.3 Å². The Hall–Kier alpha value is -2.41. The molecule has 1 amide bonds. The molecule has 1 aliphatic rings. The first-order valence-corrected chi connectivity index (χ1v) is 6.91. The van der Waals surface area contributed by atoms with Gasteiger partial charge in [-0.2, -0.15) is 0 Å². The molecule has 2 rings (SSSR count). The van der Waals surface area contributed by atoms with Crippen LogP contribution in [0.1, 0.15) is 6.92 Å². The van der Waals surface area contributed by atoms with E-state index in [2.05, 4.69) is 15.0 Å². The zero-order valence-corrected chi connectivity index (χ0v) is 12.6. The Morgan fingerprint density at radius 3 is 2.86 bits per heavy atom. The van der Waals surface area contributed by atoms with E-state index in [9.17, 15) is 9.59 Å². The summed E-state index contributed by atoms with van der Waals surface area (Å²) in [7, 11) is 1.21. The van der Waals surface area contributed by atoms with E-state index in [-0.39, 0.29) is 12.5 Å². The minimum atomic E-state index is -1.05. The molecule has 1 atom stereocenters. The molecule has 7 heteroatoms. The summed E-state index contributed by atoms with van der Waals surface area (Å²) in [5.41, 5.74) is 2.57. The van der Waals surface area contributed by atoms with Gasteiger partial charge < -0.3 is 20.1 Å². The minimum absolute atomic E-state index is 0.0668. The average Bonchev–Trinajstić information content (AvgIpc) is 2.51. The van der Waals surface area contributed by atoms with Gasteiger partial charge in [0.05, 0.1) is 38.2 Å². The molecule has 0 bridgehead atoms. The van der Waals surface area contributed by atoms with Crippen LogP contribution in [0.5, 0.6) is 0 Å². The van der Waals surface area contributed by atoms with Gasteiger partial charge in [-0.3, -0.25) is 9.79 Å². The topological polar surface area (TPSA) is 91.2 Å². The van der Waals surface area contributed by atoms with Crippen molar-refractivity contribution in [2.75, 3.05) is 31.7 Å². The number of anilines is 1. The maximum atomic E-state index is 12.1. The molecule has 0 unspecified atom stereocenters. The van der Waals surface area contributed by atoms with E-state index in [1.807, 2.05) is 36.1 Å². The van der Waals surface area contributed by atoms with Crippen molar-refractivity contribution in [2.24, 2.45) is 4.99 Å². The number of esters is 1. The number of benzene rings is 1. The smallest absolute Gasteiger partial charge is 0.330 e. The summed E-state index contributed by atoms with van der Waals surface area (Å²) in [6, 6.07) is 6.49.